The van der Waals surface area contributed by atoms with Crippen LogP contribution in [-0.2, 0) is 14.3 Å². The fraction of sp³-hybridized carbons (Fsp3) is 0.817. The lowest BCUT2D eigenvalue weighted by atomic mass is 9.99. The highest BCUT2D eigenvalue weighted by Crippen LogP contribution is 2.23. The first kappa shape index (κ1) is 64.9. The van der Waals surface area contributed by atoms with E-state index in [1.165, 1.54) is 186 Å². The molecule has 0 saturated carbocycles. The molecule has 1 amide bonds. The largest absolute Gasteiger partial charge is 0.394 e. The number of aliphatic hydroxyl groups excluding tert-OH is 5. The number of amides is 1. The Morgan fingerprint density at radius 2 is 0.870 bits per heavy atom. The van der Waals surface area contributed by atoms with Gasteiger partial charge in [0.2, 0.25) is 5.91 Å². The normalized spacial score (nSPS) is 19.9. The van der Waals surface area contributed by atoms with E-state index >= 15 is 0 Å². The molecule has 7 unspecified atom stereocenters. The number of aliphatic hydroxyl groups is 5. The van der Waals surface area contributed by atoms with Gasteiger partial charge in [-0.1, -0.05) is 242 Å². The van der Waals surface area contributed by atoms with Gasteiger partial charge < -0.3 is 40.3 Å². The Kier molecular flexibility index (Phi) is 46.5. The van der Waals surface area contributed by atoms with Gasteiger partial charge in [0.25, 0.3) is 0 Å². The summed E-state index contributed by atoms with van der Waals surface area (Å²) >= 11 is 0. The van der Waals surface area contributed by atoms with E-state index in [0.29, 0.717) is 6.42 Å². The molecule has 1 saturated heterocycles. The fourth-order valence-electron chi connectivity index (χ4n) is 8.95. The minimum atomic E-state index is -1.57. The van der Waals surface area contributed by atoms with E-state index in [1.807, 2.05) is 6.08 Å². The average molecular weight is 973 g/mol. The van der Waals surface area contributed by atoms with Crippen molar-refractivity contribution in [1.29, 1.82) is 0 Å². The SMILES string of the molecule is CCCCC/C=C/CC/C=C/C(O)C(COC1OC(CO)C(O)C(O)C1O)NC(=O)CCCCCCCCCCCCCCCCCCCCCCCC/C=C\C/C=C\C/C=C\CCCCCCC. The molecule has 6 N–H and O–H groups in total. The maximum atomic E-state index is 13.0. The molecule has 1 aliphatic heterocycles. The van der Waals surface area contributed by atoms with Crippen LogP contribution in [0.5, 0.6) is 0 Å². The van der Waals surface area contributed by atoms with Crippen molar-refractivity contribution < 1.29 is 39.8 Å². The molecule has 1 rings (SSSR count). The van der Waals surface area contributed by atoms with Crippen LogP contribution in [0.25, 0.3) is 0 Å². The molecule has 0 aromatic carbocycles. The van der Waals surface area contributed by atoms with Crippen molar-refractivity contribution in [3.63, 3.8) is 0 Å². The summed E-state index contributed by atoms with van der Waals surface area (Å²) in [5, 5.41) is 54.1. The maximum absolute atomic E-state index is 13.0. The van der Waals surface area contributed by atoms with Crippen molar-refractivity contribution in [2.45, 2.75) is 301 Å². The zero-order valence-corrected chi connectivity index (χ0v) is 44.6. The van der Waals surface area contributed by atoms with Crippen LogP contribution in [0.2, 0.25) is 0 Å². The smallest absolute Gasteiger partial charge is 0.220 e. The van der Waals surface area contributed by atoms with Gasteiger partial charge in [-0.25, -0.2) is 0 Å². The number of hydrogen-bond donors (Lipinski definition) is 6. The number of ether oxygens (including phenoxy) is 2. The highest BCUT2D eigenvalue weighted by atomic mass is 16.7. The number of nitrogens with one attached hydrogen (secondary N) is 1. The Morgan fingerprint density at radius 1 is 0.493 bits per heavy atom. The van der Waals surface area contributed by atoms with Crippen molar-refractivity contribution in [2.24, 2.45) is 0 Å². The third-order valence-electron chi connectivity index (χ3n) is 13.6. The standard InChI is InChI=1S/C60H109NO8/c1-3-5-7-9-11-13-14-15-16-17-18-19-20-21-22-23-24-25-26-27-28-29-30-31-32-33-34-35-36-37-38-39-40-42-44-46-48-50-56(64)61-53(54(63)49-47-45-43-41-12-10-8-6-4-2)52-68-60-59(67)58(66)57(65)55(51-62)69-60/h12,14-15,17-18,20-21,41,47,49,53-55,57-60,62-63,65-67H,3-11,13,16,19,22-40,42-46,48,50-52H2,1-2H3,(H,61,64)/b15-14-,18-17-,21-20-,41-12+,49-47+. The van der Waals surface area contributed by atoms with Crippen LogP contribution in [0.1, 0.15) is 258 Å². The third-order valence-corrected chi connectivity index (χ3v) is 13.6. The van der Waals surface area contributed by atoms with Crippen LogP contribution >= 0.6 is 0 Å². The molecule has 0 radical (unpaired) electrons. The quantitative estimate of drug-likeness (QED) is 0.0261. The van der Waals surface area contributed by atoms with Gasteiger partial charge in [0, 0.05) is 6.42 Å². The molecular formula is C60H109NO8. The third kappa shape index (κ3) is 39.1. The molecule has 0 aliphatic carbocycles. The zero-order chi connectivity index (χ0) is 50.1. The Hall–Kier alpha value is -2.11. The van der Waals surface area contributed by atoms with E-state index in [2.05, 4.69) is 67.8 Å². The van der Waals surface area contributed by atoms with E-state index in [0.717, 1.165) is 51.4 Å². The van der Waals surface area contributed by atoms with Crippen LogP contribution in [-0.4, -0.2) is 87.5 Å². The first-order valence-corrected chi connectivity index (χ1v) is 29.0. The predicted molar refractivity (Wildman–Crippen MR) is 290 cm³/mol. The second-order valence-electron chi connectivity index (χ2n) is 20.1. The first-order valence-electron chi connectivity index (χ1n) is 29.0. The Bertz CT molecular complexity index is 1270. The van der Waals surface area contributed by atoms with Crippen LogP contribution < -0.4 is 5.32 Å². The second-order valence-corrected chi connectivity index (χ2v) is 20.1. The minimum Gasteiger partial charge on any atom is -0.394 e. The van der Waals surface area contributed by atoms with Crippen LogP contribution in [0, 0.1) is 0 Å². The number of hydrogen-bond acceptors (Lipinski definition) is 8. The van der Waals surface area contributed by atoms with E-state index in [1.54, 1.807) is 6.08 Å². The lowest BCUT2D eigenvalue weighted by Crippen LogP contribution is -2.60. The summed E-state index contributed by atoms with van der Waals surface area (Å²) in [6.07, 6.45) is 60.5. The van der Waals surface area contributed by atoms with Crippen LogP contribution in [0.4, 0.5) is 0 Å². The number of unbranched alkanes of at least 4 members (excludes halogenated alkanes) is 31. The Labute approximate surface area is 424 Å². The number of carbonyl (C=O) groups is 1. The van der Waals surface area contributed by atoms with Gasteiger partial charge >= 0.3 is 0 Å². The van der Waals surface area contributed by atoms with Crippen molar-refractivity contribution in [1.82, 2.24) is 5.32 Å². The molecule has 69 heavy (non-hydrogen) atoms. The molecule has 0 aromatic heterocycles. The van der Waals surface area contributed by atoms with Crippen molar-refractivity contribution in [2.75, 3.05) is 13.2 Å². The molecule has 9 heteroatoms. The summed E-state index contributed by atoms with van der Waals surface area (Å²) in [6.45, 7) is 3.70. The molecule has 0 spiro atoms. The molecule has 7 atom stereocenters. The molecule has 0 bridgehead atoms. The lowest BCUT2D eigenvalue weighted by Gasteiger charge is -2.40. The van der Waals surface area contributed by atoms with Gasteiger partial charge in [-0.05, 0) is 70.6 Å². The minimum absolute atomic E-state index is 0.188. The van der Waals surface area contributed by atoms with Gasteiger partial charge in [-0.3, -0.25) is 4.79 Å². The summed E-state index contributed by atoms with van der Waals surface area (Å²) < 4.78 is 11.2. The molecule has 1 aliphatic rings. The molecular weight excluding hydrogens is 863 g/mol. The predicted octanol–water partition coefficient (Wildman–Crippen LogP) is 14.3. The summed E-state index contributed by atoms with van der Waals surface area (Å²) in [5.41, 5.74) is 0. The molecule has 1 fully saturated rings. The van der Waals surface area contributed by atoms with Gasteiger partial charge in [-0.15, -0.1) is 0 Å². The number of allylic oxidation sites excluding steroid dienone is 9. The average Bonchev–Trinajstić information content (AvgIpc) is 3.35. The molecule has 402 valence electrons. The fourth-order valence-corrected chi connectivity index (χ4v) is 8.95. The molecule has 9 nitrogen and oxygen atoms in total. The summed E-state index contributed by atoms with van der Waals surface area (Å²) in [5.74, 6) is -0.188. The highest BCUT2D eigenvalue weighted by molar-refractivity contribution is 5.76. The monoisotopic (exact) mass is 972 g/mol. The Balaban J connectivity index is 2.03. The zero-order valence-electron chi connectivity index (χ0n) is 44.6. The van der Waals surface area contributed by atoms with Crippen molar-refractivity contribution in [3.8, 4) is 0 Å². The molecule has 0 aromatic rings. The number of carbonyl (C=O) groups excluding carboxylic acids is 1. The van der Waals surface area contributed by atoms with Crippen molar-refractivity contribution >= 4 is 5.91 Å². The van der Waals surface area contributed by atoms with E-state index < -0.39 is 49.5 Å². The second kappa shape index (κ2) is 49.5. The summed E-state index contributed by atoms with van der Waals surface area (Å²) in [6, 6.07) is -0.819. The van der Waals surface area contributed by atoms with Crippen molar-refractivity contribution in [3.05, 3.63) is 60.8 Å². The van der Waals surface area contributed by atoms with Crippen LogP contribution in [0.15, 0.2) is 60.8 Å². The maximum Gasteiger partial charge on any atom is 0.220 e. The van der Waals surface area contributed by atoms with Gasteiger partial charge in [0.15, 0.2) is 6.29 Å². The Morgan fingerprint density at radius 3 is 1.35 bits per heavy atom. The molecule has 1 heterocycles. The summed E-state index contributed by atoms with van der Waals surface area (Å²) in [7, 11) is 0. The van der Waals surface area contributed by atoms with E-state index in [-0.39, 0.29) is 12.5 Å². The van der Waals surface area contributed by atoms with Gasteiger partial charge in [0.1, 0.15) is 24.4 Å². The highest BCUT2D eigenvalue weighted by Gasteiger charge is 2.44. The first-order chi connectivity index (χ1) is 33.8. The summed E-state index contributed by atoms with van der Waals surface area (Å²) in [4.78, 5) is 13.0. The lowest BCUT2D eigenvalue weighted by molar-refractivity contribution is -0.302. The topological polar surface area (TPSA) is 149 Å². The van der Waals surface area contributed by atoms with Gasteiger partial charge in [0.05, 0.1) is 25.4 Å². The number of rotatable bonds is 49. The van der Waals surface area contributed by atoms with Crippen LogP contribution in [0.3, 0.4) is 0 Å². The van der Waals surface area contributed by atoms with E-state index in [9.17, 15) is 30.3 Å². The van der Waals surface area contributed by atoms with E-state index in [4.69, 9.17) is 9.47 Å². The van der Waals surface area contributed by atoms with Gasteiger partial charge in [-0.2, -0.15) is 0 Å².